The van der Waals surface area contributed by atoms with Crippen LogP contribution in [0.2, 0.25) is 0 Å². The van der Waals surface area contributed by atoms with Gasteiger partial charge in [0.1, 0.15) is 5.82 Å². The van der Waals surface area contributed by atoms with Gasteiger partial charge in [0.15, 0.2) is 0 Å². The van der Waals surface area contributed by atoms with E-state index in [-0.39, 0.29) is 5.91 Å². The lowest BCUT2D eigenvalue weighted by molar-refractivity contribution is 0.0949. The van der Waals surface area contributed by atoms with Crippen LogP contribution in [0, 0.1) is 6.92 Å². The Balaban J connectivity index is 1.79. The van der Waals surface area contributed by atoms with E-state index in [2.05, 4.69) is 10.3 Å². The highest BCUT2D eigenvalue weighted by Gasteiger charge is 2.12. The summed E-state index contributed by atoms with van der Waals surface area (Å²) < 4.78 is 2.01. The average molecular weight is 325 g/mol. The molecular weight excluding hydrogens is 306 g/mol. The van der Waals surface area contributed by atoms with Crippen molar-refractivity contribution >= 4 is 28.7 Å². The van der Waals surface area contributed by atoms with Crippen LogP contribution in [-0.2, 0) is 13.6 Å². The first-order chi connectivity index (χ1) is 11.1. The smallest absolute Gasteiger partial charge is 0.251 e. The van der Waals surface area contributed by atoms with Crippen LogP contribution in [0.25, 0.3) is 11.0 Å². The molecule has 2 aromatic carbocycles. The minimum absolute atomic E-state index is 0.0644. The molecule has 1 heterocycles. The van der Waals surface area contributed by atoms with Crippen LogP contribution < -0.4 is 5.32 Å². The van der Waals surface area contributed by atoms with Gasteiger partial charge in [-0.15, -0.1) is 11.8 Å². The number of carbonyl (C=O) groups is 1. The van der Waals surface area contributed by atoms with E-state index in [0.29, 0.717) is 6.54 Å². The lowest BCUT2D eigenvalue weighted by Crippen LogP contribution is -2.25. The van der Waals surface area contributed by atoms with Crippen molar-refractivity contribution in [3.8, 4) is 0 Å². The standard InChI is InChI=1S/C18H19N3OS/c1-12-8-9-13(23-3)10-14(12)18(22)19-11-17-20-15-6-4-5-7-16(15)21(17)2/h4-10H,11H2,1-3H3,(H,19,22). The topological polar surface area (TPSA) is 46.9 Å². The van der Waals surface area contributed by atoms with E-state index in [1.54, 1.807) is 11.8 Å². The molecule has 5 heteroatoms. The van der Waals surface area contributed by atoms with Gasteiger partial charge < -0.3 is 9.88 Å². The Morgan fingerprint density at radius 3 is 2.78 bits per heavy atom. The Morgan fingerprint density at radius 2 is 2.04 bits per heavy atom. The summed E-state index contributed by atoms with van der Waals surface area (Å²) in [4.78, 5) is 18.1. The molecule has 1 amide bonds. The van der Waals surface area contributed by atoms with Crippen molar-refractivity contribution in [3.63, 3.8) is 0 Å². The molecule has 1 N–H and O–H groups in total. The molecule has 0 aliphatic carbocycles. The van der Waals surface area contributed by atoms with Crippen LogP contribution in [0.4, 0.5) is 0 Å². The number of rotatable bonds is 4. The summed E-state index contributed by atoms with van der Waals surface area (Å²) >= 11 is 1.63. The molecule has 0 spiro atoms. The summed E-state index contributed by atoms with van der Waals surface area (Å²) in [7, 11) is 1.97. The van der Waals surface area contributed by atoms with Crippen molar-refractivity contribution < 1.29 is 4.79 Å². The van der Waals surface area contributed by atoms with Gasteiger partial charge in [-0.05, 0) is 43.0 Å². The van der Waals surface area contributed by atoms with Gasteiger partial charge in [-0.1, -0.05) is 18.2 Å². The number of carbonyl (C=O) groups excluding carboxylic acids is 1. The number of aromatic nitrogens is 2. The maximum absolute atomic E-state index is 12.5. The minimum atomic E-state index is -0.0644. The molecule has 0 radical (unpaired) electrons. The zero-order chi connectivity index (χ0) is 16.4. The predicted molar refractivity (Wildman–Crippen MR) is 94.8 cm³/mol. The van der Waals surface area contributed by atoms with E-state index in [1.807, 2.05) is 67.3 Å². The van der Waals surface area contributed by atoms with E-state index in [9.17, 15) is 4.79 Å². The molecular formula is C18H19N3OS. The monoisotopic (exact) mass is 325 g/mol. The van der Waals surface area contributed by atoms with E-state index in [0.717, 1.165) is 32.9 Å². The van der Waals surface area contributed by atoms with Gasteiger partial charge in [0, 0.05) is 17.5 Å². The van der Waals surface area contributed by atoms with Gasteiger partial charge in [0.25, 0.3) is 5.91 Å². The largest absolute Gasteiger partial charge is 0.345 e. The van der Waals surface area contributed by atoms with E-state index in [4.69, 9.17) is 0 Å². The van der Waals surface area contributed by atoms with Crippen molar-refractivity contribution in [1.82, 2.24) is 14.9 Å². The van der Waals surface area contributed by atoms with Crippen molar-refractivity contribution in [3.05, 3.63) is 59.4 Å². The normalized spacial score (nSPS) is 10.9. The number of hydrogen-bond donors (Lipinski definition) is 1. The molecule has 23 heavy (non-hydrogen) atoms. The number of benzene rings is 2. The van der Waals surface area contributed by atoms with Crippen LogP contribution >= 0.6 is 11.8 Å². The molecule has 0 saturated heterocycles. The number of hydrogen-bond acceptors (Lipinski definition) is 3. The second kappa shape index (κ2) is 6.46. The zero-order valence-electron chi connectivity index (χ0n) is 13.5. The first-order valence-electron chi connectivity index (χ1n) is 7.43. The number of imidazole rings is 1. The third-order valence-electron chi connectivity index (χ3n) is 3.98. The molecule has 0 aliphatic rings. The molecule has 3 rings (SSSR count). The number of amides is 1. The maximum atomic E-state index is 12.5. The predicted octanol–water partition coefficient (Wildman–Crippen LogP) is 3.53. The Kier molecular flexibility index (Phi) is 4.39. The van der Waals surface area contributed by atoms with Crippen LogP contribution in [0.3, 0.4) is 0 Å². The SMILES string of the molecule is CSc1ccc(C)c(C(=O)NCc2nc3ccccc3n2C)c1. The summed E-state index contributed by atoms with van der Waals surface area (Å²) in [5.41, 5.74) is 3.71. The number of nitrogens with zero attached hydrogens (tertiary/aromatic N) is 2. The maximum Gasteiger partial charge on any atom is 0.251 e. The Morgan fingerprint density at radius 1 is 1.26 bits per heavy atom. The summed E-state index contributed by atoms with van der Waals surface area (Å²) in [6.07, 6.45) is 2.01. The van der Waals surface area contributed by atoms with Gasteiger partial charge in [-0.2, -0.15) is 0 Å². The van der Waals surface area contributed by atoms with Crippen molar-refractivity contribution in [2.24, 2.45) is 7.05 Å². The lowest BCUT2D eigenvalue weighted by atomic mass is 10.1. The summed E-state index contributed by atoms with van der Waals surface area (Å²) in [6, 6.07) is 13.9. The second-order valence-electron chi connectivity index (χ2n) is 5.44. The van der Waals surface area contributed by atoms with Crippen molar-refractivity contribution in [2.75, 3.05) is 6.26 Å². The van der Waals surface area contributed by atoms with Gasteiger partial charge >= 0.3 is 0 Å². The van der Waals surface area contributed by atoms with Gasteiger partial charge in [-0.3, -0.25) is 4.79 Å². The molecule has 0 atom stereocenters. The molecule has 0 aliphatic heterocycles. The molecule has 0 saturated carbocycles. The Hall–Kier alpha value is -2.27. The molecule has 0 bridgehead atoms. The molecule has 118 valence electrons. The number of thioether (sulfide) groups is 1. The highest BCUT2D eigenvalue weighted by Crippen LogP contribution is 2.19. The number of fused-ring (bicyclic) bond motifs is 1. The quantitative estimate of drug-likeness (QED) is 0.747. The summed E-state index contributed by atoms with van der Waals surface area (Å²) in [6.45, 7) is 2.36. The number of aryl methyl sites for hydroxylation is 2. The van der Waals surface area contributed by atoms with Gasteiger partial charge in [0.2, 0.25) is 0 Å². The fraction of sp³-hybridized carbons (Fsp3) is 0.222. The number of nitrogens with one attached hydrogen (secondary N) is 1. The minimum Gasteiger partial charge on any atom is -0.345 e. The molecule has 1 aromatic heterocycles. The fourth-order valence-corrected chi connectivity index (χ4v) is 3.02. The Bertz CT molecular complexity index is 870. The third-order valence-corrected chi connectivity index (χ3v) is 4.70. The van der Waals surface area contributed by atoms with E-state index >= 15 is 0 Å². The van der Waals surface area contributed by atoms with Crippen LogP contribution in [0.1, 0.15) is 21.7 Å². The first kappa shape index (κ1) is 15.6. The highest BCUT2D eigenvalue weighted by atomic mass is 32.2. The van der Waals surface area contributed by atoms with Crippen LogP contribution in [0.15, 0.2) is 47.4 Å². The first-order valence-corrected chi connectivity index (χ1v) is 8.66. The van der Waals surface area contributed by atoms with E-state index in [1.165, 1.54) is 0 Å². The van der Waals surface area contributed by atoms with Crippen molar-refractivity contribution in [1.29, 1.82) is 0 Å². The zero-order valence-corrected chi connectivity index (χ0v) is 14.3. The summed E-state index contributed by atoms with van der Waals surface area (Å²) in [5.74, 6) is 0.781. The van der Waals surface area contributed by atoms with Crippen molar-refractivity contribution in [2.45, 2.75) is 18.4 Å². The highest BCUT2D eigenvalue weighted by molar-refractivity contribution is 7.98. The van der Waals surface area contributed by atoms with Gasteiger partial charge in [0.05, 0.1) is 17.6 Å². The average Bonchev–Trinajstić information content (AvgIpc) is 2.89. The van der Waals surface area contributed by atoms with Crippen LogP contribution in [-0.4, -0.2) is 21.7 Å². The second-order valence-corrected chi connectivity index (χ2v) is 6.32. The number of para-hydroxylation sites is 2. The lowest BCUT2D eigenvalue weighted by Gasteiger charge is -2.09. The third kappa shape index (κ3) is 3.10. The molecule has 0 fully saturated rings. The molecule has 0 unspecified atom stereocenters. The van der Waals surface area contributed by atoms with Gasteiger partial charge in [-0.25, -0.2) is 4.98 Å². The van der Waals surface area contributed by atoms with E-state index < -0.39 is 0 Å². The molecule has 3 aromatic rings. The van der Waals surface area contributed by atoms with Crippen LogP contribution in [0.5, 0.6) is 0 Å². The Labute approximate surface area is 139 Å². The fourth-order valence-electron chi connectivity index (χ4n) is 2.58. The summed E-state index contributed by atoms with van der Waals surface area (Å²) in [5, 5.41) is 2.98. The molecule has 4 nitrogen and oxygen atoms in total.